The van der Waals surface area contributed by atoms with Crippen LogP contribution in [-0.2, 0) is 16.2 Å². The van der Waals surface area contributed by atoms with E-state index < -0.39 is 17.8 Å². The van der Waals surface area contributed by atoms with Crippen molar-refractivity contribution in [2.75, 3.05) is 11.5 Å². The predicted molar refractivity (Wildman–Crippen MR) is 151 cm³/mol. The number of hydrogen-bond donors (Lipinski definition) is 1. The minimum atomic E-state index is -0.857. The highest BCUT2D eigenvalue weighted by molar-refractivity contribution is 9.10. The van der Waals surface area contributed by atoms with Gasteiger partial charge in [0.2, 0.25) is 0 Å². The lowest BCUT2D eigenvalue weighted by Crippen LogP contribution is -2.54. The van der Waals surface area contributed by atoms with Crippen LogP contribution in [0.15, 0.2) is 58.6 Å². The fourth-order valence-corrected chi connectivity index (χ4v) is 4.80. The summed E-state index contributed by atoms with van der Waals surface area (Å²) in [6.07, 6.45) is 1.38. The maximum Gasteiger partial charge on any atom is 0.335 e. The normalized spacial score (nSPS) is 14.6. The molecule has 1 fully saturated rings. The standard InChI is InChI=1S/C27H20BrCl3N2O5/c1-3-37-23-12-16(10-18(28)24(23)38-13-15-7-8-20(30)21(31)11-15)9-17-25(34)32-27(36)33(26(17)35)22-6-4-5-19(29)14(22)2/h4-12H,3,13H2,1-2H3,(H,32,34,36)/b17-9+. The molecule has 0 radical (unpaired) electrons. The van der Waals surface area contributed by atoms with Gasteiger partial charge in [0.15, 0.2) is 11.5 Å². The fraction of sp³-hybridized carbons (Fsp3) is 0.148. The van der Waals surface area contributed by atoms with E-state index in [1.807, 2.05) is 6.92 Å². The largest absolute Gasteiger partial charge is 0.490 e. The molecule has 3 aromatic carbocycles. The minimum Gasteiger partial charge on any atom is -0.490 e. The third-order valence-corrected chi connectivity index (χ3v) is 7.33. The van der Waals surface area contributed by atoms with Crippen LogP contribution in [0.4, 0.5) is 10.5 Å². The number of rotatable bonds is 7. The smallest absolute Gasteiger partial charge is 0.335 e. The number of carbonyl (C=O) groups is 3. The number of hydrogen-bond acceptors (Lipinski definition) is 5. The third kappa shape index (κ3) is 5.83. The summed E-state index contributed by atoms with van der Waals surface area (Å²) in [5.41, 5.74) is 1.84. The molecule has 1 saturated heterocycles. The molecule has 0 aliphatic carbocycles. The van der Waals surface area contributed by atoms with Crippen LogP contribution in [0, 0.1) is 6.92 Å². The maximum absolute atomic E-state index is 13.3. The molecule has 0 aromatic heterocycles. The van der Waals surface area contributed by atoms with Gasteiger partial charge in [-0.1, -0.05) is 46.9 Å². The molecule has 11 heteroatoms. The molecule has 1 aliphatic rings. The van der Waals surface area contributed by atoms with E-state index in [0.29, 0.717) is 48.8 Å². The number of imide groups is 2. The summed E-state index contributed by atoms with van der Waals surface area (Å²) in [6, 6.07) is 12.5. The van der Waals surface area contributed by atoms with Gasteiger partial charge in [-0.25, -0.2) is 9.69 Å². The second-order valence-corrected chi connectivity index (χ2v) is 10.2. The molecule has 4 rings (SSSR count). The predicted octanol–water partition coefficient (Wildman–Crippen LogP) is 7.36. The van der Waals surface area contributed by atoms with Gasteiger partial charge in [0.25, 0.3) is 11.8 Å². The summed E-state index contributed by atoms with van der Waals surface area (Å²) in [6.45, 7) is 4.02. The first kappa shape index (κ1) is 28.0. The van der Waals surface area contributed by atoms with Crippen LogP contribution >= 0.6 is 50.7 Å². The van der Waals surface area contributed by atoms with Crippen LogP contribution in [0.5, 0.6) is 11.5 Å². The number of nitrogens with zero attached hydrogens (tertiary/aromatic N) is 1. The van der Waals surface area contributed by atoms with E-state index in [4.69, 9.17) is 44.3 Å². The van der Waals surface area contributed by atoms with Gasteiger partial charge in [-0.2, -0.15) is 0 Å². The van der Waals surface area contributed by atoms with Crippen molar-refractivity contribution in [3.05, 3.63) is 90.3 Å². The number of halogens is 4. The molecule has 0 atom stereocenters. The Morgan fingerprint density at radius 2 is 1.74 bits per heavy atom. The maximum atomic E-state index is 13.3. The van der Waals surface area contributed by atoms with Crippen LogP contribution in [-0.4, -0.2) is 24.5 Å². The summed E-state index contributed by atoms with van der Waals surface area (Å²) in [4.78, 5) is 39.5. The van der Waals surface area contributed by atoms with Crippen molar-refractivity contribution in [3.63, 3.8) is 0 Å². The Bertz CT molecular complexity index is 1490. The highest BCUT2D eigenvalue weighted by atomic mass is 79.9. The molecule has 1 N–H and O–H groups in total. The van der Waals surface area contributed by atoms with Crippen molar-refractivity contribution in [2.24, 2.45) is 0 Å². The Balaban J connectivity index is 1.67. The first-order valence-electron chi connectivity index (χ1n) is 11.3. The van der Waals surface area contributed by atoms with E-state index in [1.165, 1.54) is 6.08 Å². The Morgan fingerprint density at radius 1 is 0.974 bits per heavy atom. The number of benzene rings is 3. The van der Waals surface area contributed by atoms with E-state index in [2.05, 4.69) is 21.2 Å². The van der Waals surface area contributed by atoms with E-state index in [0.717, 1.165) is 10.5 Å². The molecule has 38 heavy (non-hydrogen) atoms. The van der Waals surface area contributed by atoms with Crippen LogP contribution in [0.2, 0.25) is 15.1 Å². The van der Waals surface area contributed by atoms with Crippen molar-refractivity contribution in [1.29, 1.82) is 0 Å². The second-order valence-electron chi connectivity index (χ2n) is 8.14. The topological polar surface area (TPSA) is 84.9 Å². The Kier molecular flexibility index (Phi) is 8.67. The van der Waals surface area contributed by atoms with Crippen LogP contribution in [0.25, 0.3) is 6.08 Å². The second kappa shape index (κ2) is 11.8. The van der Waals surface area contributed by atoms with Crippen LogP contribution < -0.4 is 19.7 Å². The molecule has 1 aliphatic heterocycles. The molecule has 7 nitrogen and oxygen atoms in total. The monoisotopic (exact) mass is 636 g/mol. The molecule has 0 bridgehead atoms. The summed E-state index contributed by atoms with van der Waals surface area (Å²) < 4.78 is 12.3. The van der Waals surface area contributed by atoms with Crippen LogP contribution in [0.1, 0.15) is 23.6 Å². The van der Waals surface area contributed by atoms with Gasteiger partial charge < -0.3 is 9.47 Å². The van der Waals surface area contributed by atoms with Gasteiger partial charge in [-0.15, -0.1) is 0 Å². The van der Waals surface area contributed by atoms with Gasteiger partial charge >= 0.3 is 6.03 Å². The average Bonchev–Trinajstić information content (AvgIpc) is 2.86. The molecule has 0 unspecified atom stereocenters. The van der Waals surface area contributed by atoms with Gasteiger partial charge in [0.1, 0.15) is 12.2 Å². The van der Waals surface area contributed by atoms with Crippen molar-refractivity contribution < 1.29 is 23.9 Å². The quantitative estimate of drug-likeness (QED) is 0.216. The number of barbiturate groups is 1. The Morgan fingerprint density at radius 3 is 2.45 bits per heavy atom. The van der Waals surface area contributed by atoms with Crippen molar-refractivity contribution in [2.45, 2.75) is 20.5 Å². The molecule has 196 valence electrons. The molecule has 4 amide bonds. The Labute approximate surface area is 242 Å². The molecule has 0 saturated carbocycles. The van der Waals surface area contributed by atoms with Crippen molar-refractivity contribution in [1.82, 2.24) is 5.32 Å². The SMILES string of the molecule is CCOc1cc(/C=C2\C(=O)NC(=O)N(c3cccc(Cl)c3C)C2=O)cc(Br)c1OCc1ccc(Cl)c(Cl)c1. The van der Waals surface area contributed by atoms with Gasteiger partial charge in [-0.3, -0.25) is 14.9 Å². The zero-order valence-corrected chi connectivity index (χ0v) is 24.0. The summed E-state index contributed by atoms with van der Waals surface area (Å²) in [5.74, 6) is -0.787. The lowest BCUT2D eigenvalue weighted by atomic mass is 10.1. The Hall–Kier alpha value is -3.04. The van der Waals surface area contributed by atoms with E-state index >= 15 is 0 Å². The molecular weight excluding hydrogens is 619 g/mol. The van der Waals surface area contributed by atoms with E-state index in [9.17, 15) is 14.4 Å². The third-order valence-electron chi connectivity index (χ3n) is 5.59. The number of nitrogens with one attached hydrogen (secondary N) is 1. The number of anilines is 1. The highest BCUT2D eigenvalue weighted by Gasteiger charge is 2.37. The zero-order valence-electron chi connectivity index (χ0n) is 20.1. The number of urea groups is 1. The van der Waals surface area contributed by atoms with E-state index in [-0.39, 0.29) is 17.9 Å². The highest BCUT2D eigenvalue weighted by Crippen LogP contribution is 2.39. The fourth-order valence-electron chi connectivity index (χ4n) is 3.74. The summed E-state index contributed by atoms with van der Waals surface area (Å²) in [7, 11) is 0. The average molecular weight is 639 g/mol. The zero-order chi connectivity index (χ0) is 27.6. The van der Waals surface area contributed by atoms with E-state index in [1.54, 1.807) is 55.5 Å². The first-order chi connectivity index (χ1) is 18.1. The molecule has 1 heterocycles. The van der Waals surface area contributed by atoms with Gasteiger partial charge in [0, 0.05) is 5.02 Å². The minimum absolute atomic E-state index is 0.187. The number of amides is 4. The lowest BCUT2D eigenvalue weighted by Gasteiger charge is -2.27. The summed E-state index contributed by atoms with van der Waals surface area (Å²) in [5, 5.41) is 3.45. The number of carbonyl (C=O) groups excluding carboxylic acids is 3. The van der Waals surface area contributed by atoms with Crippen molar-refractivity contribution >= 4 is 80.3 Å². The van der Waals surface area contributed by atoms with Crippen molar-refractivity contribution in [3.8, 4) is 11.5 Å². The number of ether oxygens (including phenoxy) is 2. The molecule has 0 spiro atoms. The van der Waals surface area contributed by atoms with Gasteiger partial charge in [-0.05, 0) is 88.9 Å². The van der Waals surface area contributed by atoms with Gasteiger partial charge in [0.05, 0.1) is 26.8 Å². The summed E-state index contributed by atoms with van der Waals surface area (Å²) >= 11 is 21.8. The van der Waals surface area contributed by atoms with Crippen LogP contribution in [0.3, 0.4) is 0 Å². The molecule has 3 aromatic rings. The first-order valence-corrected chi connectivity index (χ1v) is 13.2. The molecular formula is C27H20BrCl3N2O5. The lowest BCUT2D eigenvalue weighted by molar-refractivity contribution is -0.122.